The minimum atomic E-state index is -0.838. The fraction of sp³-hybridized carbons (Fsp3) is 0.231. The van der Waals surface area contributed by atoms with Crippen LogP contribution in [0.15, 0.2) is 30.7 Å². The van der Waals surface area contributed by atoms with Crippen molar-refractivity contribution >= 4 is 5.91 Å². The van der Waals surface area contributed by atoms with Crippen molar-refractivity contribution in [3.8, 4) is 5.75 Å². The monoisotopic (exact) mass is 281 g/mol. The highest BCUT2D eigenvalue weighted by Gasteiger charge is 2.07. The van der Waals surface area contributed by atoms with Gasteiger partial charge in [-0.1, -0.05) is 0 Å². The van der Waals surface area contributed by atoms with Gasteiger partial charge in [-0.3, -0.25) is 4.79 Å². The molecule has 2 aromatic rings. The van der Waals surface area contributed by atoms with Gasteiger partial charge in [0.15, 0.2) is 18.2 Å². The molecule has 20 heavy (non-hydrogen) atoms. The number of carbonyl (C=O) groups excluding carboxylic acids is 1. The molecule has 2 rings (SSSR count). The summed E-state index contributed by atoms with van der Waals surface area (Å²) in [5, 5.41) is 2.61. The topological polar surface area (TPSA) is 67.0 Å². The van der Waals surface area contributed by atoms with E-state index in [0.717, 1.165) is 17.8 Å². The zero-order chi connectivity index (χ0) is 14.4. The molecule has 1 aromatic carbocycles. The van der Waals surface area contributed by atoms with Gasteiger partial charge in [0.1, 0.15) is 5.82 Å². The van der Waals surface area contributed by atoms with Crippen LogP contribution in [0, 0.1) is 11.6 Å². The van der Waals surface area contributed by atoms with E-state index in [4.69, 9.17) is 4.74 Å². The van der Waals surface area contributed by atoms with Crippen molar-refractivity contribution in [2.24, 2.45) is 0 Å². The summed E-state index contributed by atoms with van der Waals surface area (Å²) >= 11 is 0. The molecule has 0 atom stereocenters. The van der Waals surface area contributed by atoms with E-state index < -0.39 is 11.6 Å². The summed E-state index contributed by atoms with van der Waals surface area (Å²) in [6.07, 6.45) is 3.82. The van der Waals surface area contributed by atoms with Crippen molar-refractivity contribution < 1.29 is 18.3 Å². The molecule has 0 saturated heterocycles. The zero-order valence-electron chi connectivity index (χ0n) is 10.5. The summed E-state index contributed by atoms with van der Waals surface area (Å²) in [5.74, 6) is -2.07. The molecule has 0 unspecified atom stereocenters. The Balaban J connectivity index is 1.72. The number of nitrogens with zero attached hydrogens (tertiary/aromatic N) is 1. The maximum Gasteiger partial charge on any atom is 0.257 e. The molecule has 0 fully saturated rings. The van der Waals surface area contributed by atoms with Crippen LogP contribution in [-0.2, 0) is 11.2 Å². The number of hydrogen-bond donors (Lipinski definition) is 2. The van der Waals surface area contributed by atoms with Gasteiger partial charge in [0.05, 0.1) is 6.33 Å². The van der Waals surface area contributed by atoms with Crippen molar-refractivity contribution in [1.29, 1.82) is 0 Å². The number of aromatic nitrogens is 2. The van der Waals surface area contributed by atoms with Crippen molar-refractivity contribution in [3.63, 3.8) is 0 Å². The largest absolute Gasteiger partial charge is 0.481 e. The maximum atomic E-state index is 13.2. The molecular formula is C13H13F2N3O2. The molecule has 5 nitrogen and oxygen atoms in total. The predicted octanol–water partition coefficient (Wildman–Crippen LogP) is 1.43. The Bertz CT molecular complexity index is 573. The summed E-state index contributed by atoms with van der Waals surface area (Å²) in [6, 6.07) is 2.91. The normalized spacial score (nSPS) is 10.3. The Kier molecular flexibility index (Phi) is 4.65. The van der Waals surface area contributed by atoms with Gasteiger partial charge in [0.25, 0.3) is 5.91 Å². The first-order valence-corrected chi connectivity index (χ1v) is 5.97. The molecule has 0 aliphatic carbocycles. The highest BCUT2D eigenvalue weighted by atomic mass is 19.1. The Morgan fingerprint density at radius 1 is 1.40 bits per heavy atom. The van der Waals surface area contributed by atoms with E-state index in [1.165, 1.54) is 0 Å². The predicted molar refractivity (Wildman–Crippen MR) is 67.2 cm³/mol. The summed E-state index contributed by atoms with van der Waals surface area (Å²) < 4.78 is 30.9. The molecule has 1 heterocycles. The van der Waals surface area contributed by atoms with Crippen LogP contribution in [0.4, 0.5) is 8.78 Å². The van der Waals surface area contributed by atoms with E-state index in [-0.39, 0.29) is 18.3 Å². The molecule has 7 heteroatoms. The van der Waals surface area contributed by atoms with Crippen LogP contribution in [0.5, 0.6) is 5.75 Å². The number of amides is 1. The van der Waals surface area contributed by atoms with Gasteiger partial charge < -0.3 is 15.0 Å². The van der Waals surface area contributed by atoms with Gasteiger partial charge in [-0.15, -0.1) is 0 Å². The first-order valence-electron chi connectivity index (χ1n) is 5.97. The van der Waals surface area contributed by atoms with Crippen molar-refractivity contribution in [1.82, 2.24) is 15.3 Å². The smallest absolute Gasteiger partial charge is 0.257 e. The quantitative estimate of drug-likeness (QED) is 0.841. The van der Waals surface area contributed by atoms with Gasteiger partial charge in [-0.05, 0) is 12.1 Å². The lowest BCUT2D eigenvalue weighted by atomic mass is 10.3. The fourth-order valence-corrected chi connectivity index (χ4v) is 1.54. The molecule has 1 aromatic heterocycles. The molecule has 0 spiro atoms. The Morgan fingerprint density at radius 3 is 2.95 bits per heavy atom. The number of H-pyrrole nitrogens is 1. The average molecular weight is 281 g/mol. The van der Waals surface area contributed by atoms with E-state index in [1.54, 1.807) is 12.5 Å². The van der Waals surface area contributed by atoms with Crippen molar-refractivity contribution in [2.45, 2.75) is 6.42 Å². The first-order chi connectivity index (χ1) is 9.65. The van der Waals surface area contributed by atoms with Gasteiger partial charge >= 0.3 is 0 Å². The molecule has 0 aliphatic rings. The molecule has 2 N–H and O–H groups in total. The number of halogens is 2. The molecule has 0 aliphatic heterocycles. The Labute approximate surface area is 114 Å². The minimum Gasteiger partial charge on any atom is -0.481 e. The summed E-state index contributed by atoms with van der Waals surface area (Å²) in [5.41, 5.74) is 0.899. The van der Waals surface area contributed by atoms with E-state index in [0.29, 0.717) is 19.0 Å². The number of rotatable bonds is 6. The molecule has 0 radical (unpaired) electrons. The van der Waals surface area contributed by atoms with E-state index >= 15 is 0 Å². The van der Waals surface area contributed by atoms with Gasteiger partial charge in [-0.2, -0.15) is 0 Å². The number of benzene rings is 1. The maximum absolute atomic E-state index is 13.2. The highest BCUT2D eigenvalue weighted by molar-refractivity contribution is 5.77. The van der Waals surface area contributed by atoms with E-state index in [9.17, 15) is 13.6 Å². The SMILES string of the molecule is O=C(COc1ccc(F)cc1F)NCCc1cnc[nH]1. The second kappa shape index (κ2) is 6.65. The van der Waals surface area contributed by atoms with Crippen LogP contribution in [0.2, 0.25) is 0 Å². The molecule has 0 saturated carbocycles. The Hall–Kier alpha value is -2.44. The lowest BCUT2D eigenvalue weighted by molar-refractivity contribution is -0.123. The summed E-state index contributed by atoms with van der Waals surface area (Å²) in [6.45, 7) is 0.0851. The number of carbonyl (C=O) groups is 1. The van der Waals surface area contributed by atoms with Crippen LogP contribution >= 0.6 is 0 Å². The zero-order valence-corrected chi connectivity index (χ0v) is 10.5. The molecule has 106 valence electrons. The number of imidazole rings is 1. The van der Waals surface area contributed by atoms with Crippen LogP contribution in [0.25, 0.3) is 0 Å². The van der Waals surface area contributed by atoms with Crippen molar-refractivity contribution in [2.75, 3.05) is 13.2 Å². The number of aromatic amines is 1. The molecule has 0 bridgehead atoms. The third-order valence-electron chi connectivity index (χ3n) is 2.52. The fourth-order valence-electron chi connectivity index (χ4n) is 1.54. The van der Waals surface area contributed by atoms with E-state index in [1.807, 2.05) is 0 Å². The van der Waals surface area contributed by atoms with Crippen molar-refractivity contribution in [3.05, 3.63) is 48.1 Å². The number of hydrogen-bond acceptors (Lipinski definition) is 3. The van der Waals surface area contributed by atoms with E-state index in [2.05, 4.69) is 15.3 Å². The summed E-state index contributed by atoms with van der Waals surface area (Å²) in [7, 11) is 0. The molecule has 1 amide bonds. The Morgan fingerprint density at radius 2 is 2.25 bits per heavy atom. The van der Waals surface area contributed by atoms with Crippen LogP contribution in [0.3, 0.4) is 0 Å². The summed E-state index contributed by atoms with van der Waals surface area (Å²) in [4.78, 5) is 18.2. The van der Waals surface area contributed by atoms with Gasteiger partial charge in [0, 0.05) is 30.9 Å². The van der Waals surface area contributed by atoms with Crippen LogP contribution < -0.4 is 10.1 Å². The second-order valence-electron chi connectivity index (χ2n) is 4.04. The van der Waals surface area contributed by atoms with Crippen LogP contribution in [0.1, 0.15) is 5.69 Å². The first kappa shape index (κ1) is 14.0. The highest BCUT2D eigenvalue weighted by Crippen LogP contribution is 2.17. The number of nitrogens with one attached hydrogen (secondary N) is 2. The molecular weight excluding hydrogens is 268 g/mol. The lowest BCUT2D eigenvalue weighted by Gasteiger charge is -2.07. The lowest BCUT2D eigenvalue weighted by Crippen LogP contribution is -2.30. The second-order valence-corrected chi connectivity index (χ2v) is 4.04. The minimum absolute atomic E-state index is 0.157. The third kappa shape index (κ3) is 4.04. The van der Waals surface area contributed by atoms with Crippen LogP contribution in [-0.4, -0.2) is 29.0 Å². The average Bonchev–Trinajstić information content (AvgIpc) is 2.91. The standard InChI is InChI=1S/C13H13F2N3O2/c14-9-1-2-12(11(15)5-9)20-7-13(19)17-4-3-10-6-16-8-18-10/h1-2,5-6,8H,3-4,7H2,(H,16,18)(H,17,19). The van der Waals surface area contributed by atoms with Gasteiger partial charge in [-0.25, -0.2) is 13.8 Å². The number of ether oxygens (including phenoxy) is 1. The van der Waals surface area contributed by atoms with Gasteiger partial charge in [0.2, 0.25) is 0 Å². The third-order valence-corrected chi connectivity index (χ3v) is 2.52.